The highest BCUT2D eigenvalue weighted by Crippen LogP contribution is 2.67. The molecule has 164 valence electrons. The van der Waals surface area contributed by atoms with Gasteiger partial charge in [0.2, 0.25) is 0 Å². The van der Waals surface area contributed by atoms with Crippen LogP contribution in [-0.2, 0) is 0 Å². The number of nitrogens with one attached hydrogen (secondary N) is 1. The minimum Gasteiger partial charge on any atom is -0.359 e. The van der Waals surface area contributed by atoms with Crippen molar-refractivity contribution in [1.29, 1.82) is 0 Å². The van der Waals surface area contributed by atoms with E-state index in [-0.39, 0.29) is 0 Å². The molecule has 0 aliphatic heterocycles. The smallest absolute Gasteiger partial charge is 0.182 e. The van der Waals surface area contributed by atoms with Gasteiger partial charge in [0, 0.05) is 0 Å². The van der Waals surface area contributed by atoms with E-state index in [0.717, 1.165) is 41.5 Å². The molecule has 0 aromatic carbocycles. The van der Waals surface area contributed by atoms with Gasteiger partial charge in [-0.1, -0.05) is 65.5 Å². The molecule has 0 aromatic rings. The van der Waals surface area contributed by atoms with E-state index in [4.69, 9.17) is 0 Å². The van der Waals surface area contributed by atoms with Gasteiger partial charge in [0.25, 0.3) is 0 Å². The molecule has 0 radical (unpaired) electrons. The molecular weight excluding hydrogens is 349 g/mol. The van der Waals surface area contributed by atoms with Gasteiger partial charge in [0.05, 0.1) is 0 Å². The summed E-state index contributed by atoms with van der Waals surface area (Å²) < 4.78 is 0. The van der Waals surface area contributed by atoms with Crippen LogP contribution in [0, 0.1) is 46.3 Å². The lowest BCUT2D eigenvalue weighted by molar-refractivity contribution is -0.0511. The van der Waals surface area contributed by atoms with Crippen LogP contribution >= 0.6 is 0 Å². The van der Waals surface area contributed by atoms with Gasteiger partial charge in [-0.2, -0.15) is 0 Å². The van der Waals surface area contributed by atoms with Crippen LogP contribution in [-0.4, -0.2) is 14.0 Å². The van der Waals surface area contributed by atoms with Gasteiger partial charge >= 0.3 is 0 Å². The van der Waals surface area contributed by atoms with E-state index < -0.39 is 0 Å². The first-order valence-electron chi connectivity index (χ1n) is 13.2. The zero-order chi connectivity index (χ0) is 20.8. The maximum Gasteiger partial charge on any atom is 0.182 e. The van der Waals surface area contributed by atoms with Crippen molar-refractivity contribution in [1.82, 2.24) is 5.23 Å². The normalized spacial score (nSPS) is 45.3. The molecule has 0 bridgehead atoms. The number of rotatable bonds is 6. The fraction of sp³-hybridized carbons (Fsp3) is 0.926. The van der Waals surface area contributed by atoms with Crippen LogP contribution in [0.5, 0.6) is 0 Å². The van der Waals surface area contributed by atoms with Crippen molar-refractivity contribution in [2.75, 3.05) is 0 Å². The Labute approximate surface area is 182 Å². The average molecular weight is 398 g/mol. The van der Waals surface area contributed by atoms with Crippen LogP contribution in [0.2, 0.25) is 0 Å². The highest BCUT2D eigenvalue weighted by Gasteiger charge is 2.58. The Bertz CT molecular complexity index is 612. The van der Waals surface area contributed by atoms with E-state index >= 15 is 0 Å². The Morgan fingerprint density at radius 1 is 1.03 bits per heavy atom. The van der Waals surface area contributed by atoms with Crippen LogP contribution in [0.15, 0.2) is 11.6 Å². The predicted octanol–water partition coefficient (Wildman–Crippen LogP) is 6.53. The molecule has 0 spiro atoms. The number of hydrogen-bond donors (Lipinski definition) is 1. The molecule has 1 nitrogen and oxygen atoms in total. The summed E-state index contributed by atoms with van der Waals surface area (Å²) in [6.07, 6.45) is 18.6. The second-order valence-electron chi connectivity index (χ2n) is 12.5. The summed E-state index contributed by atoms with van der Waals surface area (Å²) in [5, 5.41) is 3.57. The molecule has 3 fully saturated rings. The van der Waals surface area contributed by atoms with E-state index in [1.807, 2.05) is 5.57 Å². The molecule has 0 unspecified atom stereocenters. The van der Waals surface area contributed by atoms with Crippen molar-refractivity contribution in [2.24, 2.45) is 46.3 Å². The zero-order valence-corrected chi connectivity index (χ0v) is 20.4. The topological polar surface area (TPSA) is 12.0 Å². The van der Waals surface area contributed by atoms with E-state index in [1.165, 1.54) is 70.6 Å². The number of allylic oxidation sites excluding steroid dienone is 1. The minimum absolute atomic E-state index is 0.512. The van der Waals surface area contributed by atoms with E-state index in [9.17, 15) is 0 Å². The lowest BCUT2D eigenvalue weighted by Crippen LogP contribution is -2.51. The first kappa shape index (κ1) is 22.0. The van der Waals surface area contributed by atoms with Gasteiger partial charge in [-0.05, 0) is 104 Å². The molecule has 0 aromatic heterocycles. The Morgan fingerprint density at radius 3 is 2.55 bits per heavy atom. The Hall–Kier alpha value is -0.235. The summed E-state index contributed by atoms with van der Waals surface area (Å²) in [5.41, 5.74) is 2.96. The maximum atomic E-state index is 3.57. The summed E-state index contributed by atoms with van der Waals surface area (Å²) in [5.74, 6) is 5.72. The van der Waals surface area contributed by atoms with Crippen LogP contribution in [0.1, 0.15) is 105 Å². The van der Waals surface area contributed by atoms with Crippen molar-refractivity contribution in [3.8, 4) is 0 Å². The van der Waals surface area contributed by atoms with Gasteiger partial charge in [0.1, 0.15) is 0 Å². The Balaban J connectivity index is 1.48. The SMILES string of the molecule is BN[C@H]1CC[C@@]2(C)C(=CC[C@H]3[C@@H]4CC[C@H]([C@H](C)CCCC(C)C)[C@@]4(C)CC[C@@H]32)C1. The van der Waals surface area contributed by atoms with E-state index in [2.05, 4.69) is 53.9 Å². The van der Waals surface area contributed by atoms with Crippen LogP contribution < -0.4 is 5.23 Å². The Kier molecular flexibility index (Phi) is 6.34. The quantitative estimate of drug-likeness (QED) is 0.397. The van der Waals surface area contributed by atoms with Gasteiger partial charge in [-0.3, -0.25) is 0 Å². The first-order valence-corrected chi connectivity index (χ1v) is 13.2. The molecule has 4 aliphatic carbocycles. The second kappa shape index (κ2) is 8.36. The van der Waals surface area contributed by atoms with Crippen molar-refractivity contribution < 1.29 is 0 Å². The van der Waals surface area contributed by atoms with Crippen LogP contribution in [0.25, 0.3) is 0 Å². The van der Waals surface area contributed by atoms with Crippen molar-refractivity contribution >= 4 is 7.98 Å². The maximum absolute atomic E-state index is 3.57. The van der Waals surface area contributed by atoms with Gasteiger partial charge in [-0.15, -0.1) is 0 Å². The molecule has 8 atom stereocenters. The third kappa shape index (κ3) is 3.79. The monoisotopic (exact) mass is 397 g/mol. The van der Waals surface area contributed by atoms with E-state index in [1.54, 1.807) is 0 Å². The third-order valence-corrected chi connectivity index (χ3v) is 10.7. The first-order chi connectivity index (χ1) is 13.8. The summed E-state index contributed by atoms with van der Waals surface area (Å²) in [6.45, 7) is 12.8. The highest BCUT2D eigenvalue weighted by atomic mass is 14.8. The number of fused-ring (bicyclic) bond motifs is 5. The molecule has 29 heavy (non-hydrogen) atoms. The van der Waals surface area contributed by atoms with Crippen molar-refractivity contribution in [3.63, 3.8) is 0 Å². The lowest BCUT2D eigenvalue weighted by atomic mass is 9.47. The minimum atomic E-state index is 0.512. The molecule has 4 aliphatic rings. The molecule has 1 N–H and O–H groups in total. The molecule has 0 heterocycles. The van der Waals surface area contributed by atoms with Crippen LogP contribution in [0.4, 0.5) is 0 Å². The number of hydrogen-bond acceptors (Lipinski definition) is 1. The molecule has 3 saturated carbocycles. The zero-order valence-electron chi connectivity index (χ0n) is 20.4. The van der Waals surface area contributed by atoms with E-state index in [0.29, 0.717) is 10.8 Å². The molecular formula is C27H48BN. The molecule has 4 rings (SSSR count). The molecule has 0 amide bonds. The van der Waals surface area contributed by atoms with Crippen molar-refractivity contribution in [2.45, 2.75) is 111 Å². The second-order valence-corrected chi connectivity index (χ2v) is 12.5. The Morgan fingerprint density at radius 2 is 1.83 bits per heavy atom. The fourth-order valence-electron chi connectivity index (χ4n) is 8.93. The van der Waals surface area contributed by atoms with Gasteiger partial charge in [-0.25, -0.2) is 0 Å². The molecule has 2 heteroatoms. The largest absolute Gasteiger partial charge is 0.359 e. The summed E-state index contributed by atoms with van der Waals surface area (Å²) in [6, 6.07) is 0.724. The summed E-state index contributed by atoms with van der Waals surface area (Å²) in [4.78, 5) is 0. The highest BCUT2D eigenvalue weighted by molar-refractivity contribution is 6.04. The summed E-state index contributed by atoms with van der Waals surface area (Å²) in [7, 11) is 2.16. The van der Waals surface area contributed by atoms with Gasteiger partial charge in [0.15, 0.2) is 7.98 Å². The molecule has 0 saturated heterocycles. The van der Waals surface area contributed by atoms with Crippen LogP contribution in [0.3, 0.4) is 0 Å². The van der Waals surface area contributed by atoms with Gasteiger partial charge < -0.3 is 5.23 Å². The average Bonchev–Trinajstić information content (AvgIpc) is 3.04. The van der Waals surface area contributed by atoms with Crippen molar-refractivity contribution in [3.05, 3.63) is 11.6 Å². The standard InChI is InChI=1S/C27H48BN/c1-18(2)7-6-8-19(3)23-11-12-24-22-10-9-20-17-21(29-28)13-15-26(20,4)25(22)14-16-27(23,24)5/h9,18-19,21-25,29H,6-8,10-17,28H2,1-5H3/t19-,21+,22+,23-,24+,25+,26+,27-/m1/s1. The predicted molar refractivity (Wildman–Crippen MR) is 129 cm³/mol. The fourth-order valence-corrected chi connectivity index (χ4v) is 8.93. The summed E-state index contributed by atoms with van der Waals surface area (Å²) >= 11 is 0. The third-order valence-electron chi connectivity index (χ3n) is 10.7. The lowest BCUT2D eigenvalue weighted by Gasteiger charge is -2.58.